The maximum atomic E-state index is 6.62. The standard InChI is InChI=1S/C40H38N4O/c1-39(2,3)28-18-20-41-38(21-28)44-34-12-5-4-11-32(34)33-16-15-31(23-37(33)44)45-30-10-8-9-29(22-30)42-26-43(36-14-7-6-13-35(36)42)40-19-17-27(24-40)25-40/h4-16,18,20-23,27H,17,19,24-26H2,1-3H3. The van der Waals surface area contributed by atoms with Crippen molar-refractivity contribution in [2.75, 3.05) is 16.5 Å². The maximum Gasteiger partial charge on any atom is 0.137 e. The molecule has 45 heavy (non-hydrogen) atoms. The van der Waals surface area contributed by atoms with Gasteiger partial charge in [0, 0.05) is 40.3 Å². The summed E-state index contributed by atoms with van der Waals surface area (Å²) in [7, 11) is 0. The van der Waals surface area contributed by atoms with Gasteiger partial charge >= 0.3 is 0 Å². The van der Waals surface area contributed by atoms with Crippen LogP contribution < -0.4 is 14.5 Å². The third kappa shape index (κ3) is 4.17. The molecule has 0 N–H and O–H groups in total. The summed E-state index contributed by atoms with van der Waals surface area (Å²) < 4.78 is 8.89. The van der Waals surface area contributed by atoms with Crippen LogP contribution in [0, 0.1) is 5.92 Å². The molecule has 1 aliphatic heterocycles. The Bertz CT molecular complexity index is 2090. The van der Waals surface area contributed by atoms with Crippen LogP contribution in [-0.4, -0.2) is 21.8 Å². The normalized spacial score (nSPS) is 20.6. The topological polar surface area (TPSA) is 33.5 Å². The summed E-state index contributed by atoms with van der Waals surface area (Å²) in [6.45, 7) is 7.62. The zero-order valence-electron chi connectivity index (χ0n) is 26.2. The molecule has 0 saturated heterocycles. The zero-order valence-corrected chi connectivity index (χ0v) is 26.2. The van der Waals surface area contributed by atoms with Crippen LogP contribution in [0.4, 0.5) is 17.1 Å². The van der Waals surface area contributed by atoms with Gasteiger partial charge in [-0.2, -0.15) is 0 Å². The lowest BCUT2D eigenvalue weighted by Gasteiger charge is -2.47. The van der Waals surface area contributed by atoms with Crippen molar-refractivity contribution in [2.45, 2.75) is 57.4 Å². The van der Waals surface area contributed by atoms with Gasteiger partial charge in [-0.3, -0.25) is 4.57 Å². The van der Waals surface area contributed by atoms with Crippen LogP contribution in [0.3, 0.4) is 0 Å². The molecule has 4 aliphatic rings. The Balaban J connectivity index is 1.08. The number of rotatable bonds is 5. The minimum absolute atomic E-state index is 0.0275. The van der Waals surface area contributed by atoms with Crippen LogP contribution in [0.15, 0.2) is 109 Å². The second-order valence-electron chi connectivity index (χ2n) is 14.3. The number of hydrogen-bond donors (Lipinski definition) is 0. The van der Waals surface area contributed by atoms with E-state index in [1.54, 1.807) is 0 Å². The number of anilines is 3. The SMILES string of the molecule is CC(C)(C)c1ccnc(-n2c3ccccc3c3ccc(Oc4cccc(N5CN(C67CCC(C6)C7)c6ccccc65)c4)cc32)c1. The maximum absolute atomic E-state index is 6.62. The molecule has 5 heteroatoms. The van der Waals surface area contributed by atoms with Crippen LogP contribution in [-0.2, 0) is 5.41 Å². The lowest BCUT2D eigenvalue weighted by molar-refractivity contribution is 0.232. The van der Waals surface area contributed by atoms with Crippen LogP contribution >= 0.6 is 0 Å². The van der Waals surface area contributed by atoms with E-state index < -0.39 is 0 Å². The molecule has 6 aromatic rings. The molecule has 10 rings (SSSR count). The molecule has 3 heterocycles. The fourth-order valence-corrected chi connectivity index (χ4v) is 8.21. The van der Waals surface area contributed by atoms with Crippen molar-refractivity contribution in [1.82, 2.24) is 9.55 Å². The van der Waals surface area contributed by atoms with E-state index in [9.17, 15) is 0 Å². The molecule has 0 radical (unpaired) electrons. The van der Waals surface area contributed by atoms with Crippen molar-refractivity contribution in [3.05, 3.63) is 115 Å². The van der Waals surface area contributed by atoms with Gasteiger partial charge in [-0.1, -0.05) is 57.2 Å². The second kappa shape index (κ2) is 9.61. The molecule has 0 atom stereocenters. The average molecular weight is 591 g/mol. The van der Waals surface area contributed by atoms with Gasteiger partial charge in [0.25, 0.3) is 0 Å². The predicted molar refractivity (Wildman–Crippen MR) is 184 cm³/mol. The molecule has 224 valence electrons. The fourth-order valence-electron chi connectivity index (χ4n) is 8.21. The quantitative estimate of drug-likeness (QED) is 0.200. The van der Waals surface area contributed by atoms with E-state index in [0.29, 0.717) is 5.54 Å². The number of para-hydroxylation sites is 3. The van der Waals surface area contributed by atoms with E-state index in [-0.39, 0.29) is 5.41 Å². The van der Waals surface area contributed by atoms with Gasteiger partial charge in [0.1, 0.15) is 17.3 Å². The number of ether oxygens (including phenoxy) is 1. The van der Waals surface area contributed by atoms with E-state index >= 15 is 0 Å². The van der Waals surface area contributed by atoms with Crippen molar-refractivity contribution in [1.29, 1.82) is 0 Å². The first-order valence-corrected chi connectivity index (χ1v) is 16.3. The smallest absolute Gasteiger partial charge is 0.137 e. The minimum Gasteiger partial charge on any atom is -0.457 e. The summed E-state index contributed by atoms with van der Waals surface area (Å²) in [5.74, 6) is 3.49. The van der Waals surface area contributed by atoms with Crippen LogP contribution in [0.25, 0.3) is 27.6 Å². The highest BCUT2D eigenvalue weighted by molar-refractivity contribution is 6.09. The van der Waals surface area contributed by atoms with Crippen LogP contribution in [0.1, 0.15) is 52.0 Å². The Kier molecular flexibility index (Phi) is 5.69. The Morgan fingerprint density at radius 2 is 1.53 bits per heavy atom. The highest BCUT2D eigenvalue weighted by Gasteiger charge is 2.55. The molecule has 0 spiro atoms. The van der Waals surface area contributed by atoms with Gasteiger partial charge in [-0.05, 0) is 97.2 Å². The molecule has 2 aromatic heterocycles. The molecule has 4 aromatic carbocycles. The number of fused-ring (bicyclic) bond motifs is 5. The Morgan fingerprint density at radius 1 is 0.756 bits per heavy atom. The summed E-state index contributed by atoms with van der Waals surface area (Å²) >= 11 is 0. The lowest BCUT2D eigenvalue weighted by atomic mass is 9.76. The summed E-state index contributed by atoms with van der Waals surface area (Å²) in [4.78, 5) is 9.98. The number of benzene rings is 4. The molecular weight excluding hydrogens is 552 g/mol. The number of hydrogen-bond acceptors (Lipinski definition) is 4. The van der Waals surface area contributed by atoms with E-state index in [2.05, 4.69) is 138 Å². The largest absolute Gasteiger partial charge is 0.457 e. The molecule has 3 aliphatic carbocycles. The van der Waals surface area contributed by atoms with E-state index in [0.717, 1.165) is 46.6 Å². The van der Waals surface area contributed by atoms with Crippen LogP contribution in [0.2, 0.25) is 0 Å². The molecule has 3 fully saturated rings. The van der Waals surface area contributed by atoms with Gasteiger partial charge in [0.05, 0.1) is 29.1 Å². The van der Waals surface area contributed by atoms with Gasteiger partial charge in [-0.15, -0.1) is 0 Å². The highest BCUT2D eigenvalue weighted by Crippen LogP contribution is 2.59. The Hall–Kier alpha value is -4.77. The molecule has 0 amide bonds. The van der Waals surface area contributed by atoms with E-state index in [1.165, 1.54) is 53.4 Å². The van der Waals surface area contributed by atoms with Crippen molar-refractivity contribution in [2.24, 2.45) is 5.92 Å². The van der Waals surface area contributed by atoms with Gasteiger partial charge in [0.15, 0.2) is 0 Å². The monoisotopic (exact) mass is 590 g/mol. The summed E-state index contributed by atoms with van der Waals surface area (Å²) in [5.41, 5.74) is 7.67. The lowest BCUT2D eigenvalue weighted by Crippen LogP contribution is -2.53. The minimum atomic E-state index is 0.0275. The first-order valence-electron chi connectivity index (χ1n) is 16.3. The number of pyridine rings is 1. The first-order chi connectivity index (χ1) is 21.9. The van der Waals surface area contributed by atoms with Gasteiger partial charge in [-0.25, -0.2) is 4.98 Å². The summed E-state index contributed by atoms with van der Waals surface area (Å²) in [5, 5.41) is 2.40. The Morgan fingerprint density at radius 3 is 2.36 bits per heavy atom. The molecule has 0 unspecified atom stereocenters. The van der Waals surface area contributed by atoms with Gasteiger partial charge in [0.2, 0.25) is 0 Å². The Labute approximate surface area is 264 Å². The molecule has 5 nitrogen and oxygen atoms in total. The van der Waals surface area contributed by atoms with E-state index in [1.807, 2.05) is 6.20 Å². The van der Waals surface area contributed by atoms with Crippen molar-refractivity contribution in [3.8, 4) is 17.3 Å². The molecular formula is C40H38N4O. The molecule has 3 saturated carbocycles. The molecule has 2 bridgehead atoms. The number of aromatic nitrogens is 2. The average Bonchev–Trinajstić information content (AvgIpc) is 3.81. The van der Waals surface area contributed by atoms with Crippen LogP contribution in [0.5, 0.6) is 11.5 Å². The predicted octanol–water partition coefficient (Wildman–Crippen LogP) is 10.1. The van der Waals surface area contributed by atoms with E-state index in [4.69, 9.17) is 9.72 Å². The first kappa shape index (κ1) is 26.6. The zero-order chi connectivity index (χ0) is 30.3. The summed E-state index contributed by atoms with van der Waals surface area (Å²) in [6.07, 6.45) is 7.30. The summed E-state index contributed by atoms with van der Waals surface area (Å²) in [6, 6.07) is 36.8. The third-order valence-corrected chi connectivity index (χ3v) is 10.5. The third-order valence-electron chi connectivity index (χ3n) is 10.5. The fraction of sp³-hybridized carbons (Fsp3) is 0.275. The van der Waals surface area contributed by atoms with Gasteiger partial charge < -0.3 is 14.5 Å². The second-order valence-corrected chi connectivity index (χ2v) is 14.3. The highest BCUT2D eigenvalue weighted by atomic mass is 16.5. The van der Waals surface area contributed by atoms with Crippen molar-refractivity contribution >= 4 is 38.9 Å². The van der Waals surface area contributed by atoms with Crippen molar-refractivity contribution < 1.29 is 4.74 Å². The number of nitrogens with zero attached hydrogens (tertiary/aromatic N) is 4. The van der Waals surface area contributed by atoms with Crippen molar-refractivity contribution in [3.63, 3.8) is 0 Å².